The summed E-state index contributed by atoms with van der Waals surface area (Å²) in [6.07, 6.45) is 7.35. The maximum Gasteiger partial charge on any atom is 0.346 e. The molecule has 14 heteroatoms. The van der Waals surface area contributed by atoms with Crippen molar-refractivity contribution in [1.82, 2.24) is 34.9 Å². The van der Waals surface area contributed by atoms with Crippen molar-refractivity contribution in [3.05, 3.63) is 89.5 Å². The van der Waals surface area contributed by atoms with Gasteiger partial charge in [0.25, 0.3) is 5.91 Å². The maximum absolute atomic E-state index is 13.7. The van der Waals surface area contributed by atoms with E-state index in [9.17, 15) is 14.0 Å². The van der Waals surface area contributed by atoms with Crippen LogP contribution in [0.15, 0.2) is 61.4 Å². The predicted molar refractivity (Wildman–Crippen MR) is 161 cm³/mol. The number of nitrogens with two attached hydrogens (primary N) is 1. The van der Waals surface area contributed by atoms with E-state index < -0.39 is 11.7 Å². The highest BCUT2D eigenvalue weighted by atomic mass is 19.1. The summed E-state index contributed by atoms with van der Waals surface area (Å²) in [6, 6.07) is 10.6. The first-order chi connectivity index (χ1) is 21.2. The summed E-state index contributed by atoms with van der Waals surface area (Å²) < 4.78 is 20.1. The van der Waals surface area contributed by atoms with E-state index in [1.807, 2.05) is 0 Å². The number of anilines is 2. The van der Waals surface area contributed by atoms with Crippen LogP contribution in [0.1, 0.15) is 52.7 Å². The number of rotatable bonds is 9. The zero-order valence-corrected chi connectivity index (χ0v) is 24.3. The van der Waals surface area contributed by atoms with Gasteiger partial charge in [0.1, 0.15) is 42.2 Å². The summed E-state index contributed by atoms with van der Waals surface area (Å²) in [6.45, 7) is 0.187. The first-order valence-corrected chi connectivity index (χ1v) is 14.0. The van der Waals surface area contributed by atoms with Gasteiger partial charge in [0.2, 0.25) is 0 Å². The van der Waals surface area contributed by atoms with Crippen LogP contribution in [0.3, 0.4) is 0 Å². The molecule has 0 saturated heterocycles. The first-order valence-electron chi connectivity index (χ1n) is 14.0. The van der Waals surface area contributed by atoms with Gasteiger partial charge in [-0.25, -0.2) is 24.1 Å². The van der Waals surface area contributed by atoms with Crippen LogP contribution in [-0.2, 0) is 6.54 Å². The molecule has 13 nitrogen and oxygen atoms in total. The van der Waals surface area contributed by atoms with Gasteiger partial charge in [0.05, 0.1) is 23.9 Å². The molecule has 1 aliphatic carbocycles. The highest BCUT2D eigenvalue weighted by Gasteiger charge is 2.29. The quantitative estimate of drug-likeness (QED) is 0.210. The summed E-state index contributed by atoms with van der Waals surface area (Å²) in [5.41, 5.74) is 8.22. The lowest BCUT2D eigenvalue weighted by atomic mass is 9.90. The third kappa shape index (κ3) is 6.64. The predicted octanol–water partition coefficient (Wildman–Crippen LogP) is 3.47. The average Bonchev–Trinajstić information content (AvgIpc) is 3.58. The van der Waals surface area contributed by atoms with E-state index in [1.165, 1.54) is 42.9 Å². The normalized spacial score (nSPS) is 16.2. The van der Waals surface area contributed by atoms with E-state index in [0.717, 1.165) is 30.9 Å². The van der Waals surface area contributed by atoms with Gasteiger partial charge in [-0.05, 0) is 49.4 Å². The molecule has 0 spiro atoms. The van der Waals surface area contributed by atoms with Crippen LogP contribution in [0.25, 0.3) is 0 Å². The first kappa shape index (κ1) is 30.1. The largest absolute Gasteiger partial charge is 0.496 e. The second-order valence-corrected chi connectivity index (χ2v) is 10.5. The molecule has 0 radical (unpaired) electrons. The Morgan fingerprint density at radius 1 is 1.16 bits per heavy atom. The molecule has 4 aromatic rings. The fraction of sp³-hybridized carbons (Fsp3) is 0.300. The second-order valence-electron chi connectivity index (χ2n) is 10.5. The van der Waals surface area contributed by atoms with Crippen molar-refractivity contribution in [2.45, 2.75) is 44.3 Å². The molecular weight excluding hydrogens is 567 g/mol. The zero-order chi connectivity index (χ0) is 31.2. The molecule has 2 heterocycles. The molecule has 2 amide bonds. The number of nitrogens with one attached hydrogen (secondary N) is 3. The fourth-order valence-electron chi connectivity index (χ4n) is 5.29. The van der Waals surface area contributed by atoms with Gasteiger partial charge in [0.15, 0.2) is 0 Å². The summed E-state index contributed by atoms with van der Waals surface area (Å²) in [5, 5.41) is 19.1. The van der Waals surface area contributed by atoms with Gasteiger partial charge in [-0.1, -0.05) is 24.3 Å². The minimum Gasteiger partial charge on any atom is -0.496 e. The molecule has 1 saturated carbocycles. The van der Waals surface area contributed by atoms with E-state index in [0.29, 0.717) is 23.4 Å². The number of ether oxygens (including phenoxy) is 1. The van der Waals surface area contributed by atoms with Crippen molar-refractivity contribution in [1.29, 1.82) is 5.41 Å². The molecule has 0 aliphatic heterocycles. The Hall–Kier alpha value is -5.40. The molecule has 2 unspecified atom stereocenters. The van der Waals surface area contributed by atoms with Gasteiger partial charge in [0, 0.05) is 31.2 Å². The van der Waals surface area contributed by atoms with E-state index >= 15 is 0 Å². The number of benzene rings is 2. The third-order valence-corrected chi connectivity index (χ3v) is 7.68. The number of hydrogen-bond donors (Lipinski definition) is 4. The molecule has 0 bridgehead atoms. The molecule has 1 fully saturated rings. The van der Waals surface area contributed by atoms with Gasteiger partial charge in [-0.2, -0.15) is 9.78 Å². The van der Waals surface area contributed by atoms with Crippen molar-refractivity contribution in [3.63, 3.8) is 0 Å². The van der Waals surface area contributed by atoms with Crippen molar-refractivity contribution < 1.29 is 18.7 Å². The third-order valence-electron chi connectivity index (χ3n) is 7.68. The lowest BCUT2D eigenvalue weighted by Gasteiger charge is -2.35. The van der Waals surface area contributed by atoms with E-state index in [1.54, 1.807) is 36.2 Å². The number of methoxy groups -OCH3 is 1. The maximum atomic E-state index is 13.7. The summed E-state index contributed by atoms with van der Waals surface area (Å²) >= 11 is 0. The molecular formula is C30H33FN10O3. The van der Waals surface area contributed by atoms with Crippen LogP contribution in [0.4, 0.5) is 20.8 Å². The number of amides is 2. The standard InChI is InChI=1S/C30H33FN10O3/c1-40(30(43)41-17-34-15-38-41)22-5-3-4-21(13-22)39-28-25(27(33)36-16-37-28)26(32)19-8-6-18(7-9-19)14-35-29(42)23-12-20(31)10-11-24(23)44-2/h6-12,15-17,21-22,32H,3-5,13-14H2,1-2H3,(H,35,42)(H3,33,36,37,39). The van der Waals surface area contributed by atoms with Crippen LogP contribution >= 0.6 is 0 Å². The zero-order valence-electron chi connectivity index (χ0n) is 24.3. The molecule has 5 N–H and O–H groups in total. The Morgan fingerprint density at radius 2 is 1.95 bits per heavy atom. The van der Waals surface area contributed by atoms with Crippen LogP contribution in [0.2, 0.25) is 0 Å². The van der Waals surface area contributed by atoms with Crippen LogP contribution < -0.4 is 21.1 Å². The number of carbonyl (C=O) groups is 2. The molecule has 5 rings (SSSR count). The van der Waals surface area contributed by atoms with E-state index in [2.05, 4.69) is 30.7 Å². The molecule has 2 aromatic heterocycles. The van der Waals surface area contributed by atoms with E-state index in [-0.39, 0.29) is 47.5 Å². The van der Waals surface area contributed by atoms with Gasteiger partial charge in [-0.15, -0.1) is 0 Å². The Morgan fingerprint density at radius 3 is 2.68 bits per heavy atom. The van der Waals surface area contributed by atoms with Crippen LogP contribution in [0, 0.1) is 11.2 Å². The molecule has 2 atom stereocenters. The number of hydrogen-bond acceptors (Lipinski definition) is 10. The number of nitrogens with zero attached hydrogens (tertiary/aromatic N) is 6. The molecule has 228 valence electrons. The van der Waals surface area contributed by atoms with Gasteiger partial charge >= 0.3 is 6.03 Å². The summed E-state index contributed by atoms with van der Waals surface area (Å²) in [5.74, 6) is -0.124. The van der Waals surface area contributed by atoms with Crippen molar-refractivity contribution >= 4 is 29.3 Å². The van der Waals surface area contributed by atoms with Crippen molar-refractivity contribution in [2.24, 2.45) is 0 Å². The Bertz CT molecular complexity index is 1650. The summed E-state index contributed by atoms with van der Waals surface area (Å²) in [4.78, 5) is 39.5. The molecule has 44 heavy (non-hydrogen) atoms. The van der Waals surface area contributed by atoms with Gasteiger partial charge < -0.3 is 26.0 Å². The molecule has 1 aliphatic rings. The Kier molecular flexibility index (Phi) is 9.07. The Balaban J connectivity index is 1.25. The number of nitrogen functional groups attached to an aromatic ring is 1. The number of aromatic nitrogens is 5. The highest BCUT2D eigenvalue weighted by molar-refractivity contribution is 6.16. The SMILES string of the molecule is COc1ccc(F)cc1C(=O)NCc1ccc(C(=N)c2c(N)ncnc2NC2CCCC(N(C)C(=O)n3cncn3)C2)cc1. The number of halogens is 1. The lowest BCUT2D eigenvalue weighted by molar-refractivity contribution is 0.0947. The average molecular weight is 601 g/mol. The van der Waals surface area contributed by atoms with E-state index in [4.69, 9.17) is 15.9 Å². The highest BCUT2D eigenvalue weighted by Crippen LogP contribution is 2.28. The monoisotopic (exact) mass is 600 g/mol. The Labute approximate surface area is 253 Å². The second kappa shape index (κ2) is 13.3. The van der Waals surface area contributed by atoms with Crippen molar-refractivity contribution in [2.75, 3.05) is 25.2 Å². The topological polar surface area (TPSA) is 177 Å². The van der Waals surface area contributed by atoms with Crippen molar-refractivity contribution in [3.8, 4) is 5.75 Å². The van der Waals surface area contributed by atoms with Crippen LogP contribution in [0.5, 0.6) is 5.75 Å². The van der Waals surface area contributed by atoms with Crippen LogP contribution in [-0.4, -0.2) is 73.5 Å². The summed E-state index contributed by atoms with van der Waals surface area (Å²) in [7, 11) is 3.17. The number of carbonyl (C=O) groups excluding carboxylic acids is 2. The molecule has 2 aromatic carbocycles. The smallest absolute Gasteiger partial charge is 0.346 e. The van der Waals surface area contributed by atoms with Gasteiger partial charge in [-0.3, -0.25) is 10.2 Å². The lowest BCUT2D eigenvalue weighted by Crippen LogP contribution is -2.45. The minimum atomic E-state index is -0.536. The minimum absolute atomic E-state index is 0.0108. The fourth-order valence-corrected chi connectivity index (χ4v) is 5.29.